The summed E-state index contributed by atoms with van der Waals surface area (Å²) in [5, 5.41) is 0.379. The Balaban J connectivity index is 2.44. The van der Waals surface area contributed by atoms with Crippen molar-refractivity contribution in [2.75, 3.05) is 19.8 Å². The van der Waals surface area contributed by atoms with Crippen LogP contribution in [0.1, 0.15) is 16.7 Å². The van der Waals surface area contributed by atoms with Gasteiger partial charge in [0, 0.05) is 30.8 Å². The van der Waals surface area contributed by atoms with E-state index in [0.717, 1.165) is 28.5 Å². The Bertz CT molecular complexity index is 803. The number of aryl methyl sites for hydroxylation is 2. The summed E-state index contributed by atoms with van der Waals surface area (Å²) in [6, 6.07) is 7.03. The number of amidine groups is 1. The van der Waals surface area contributed by atoms with Gasteiger partial charge in [-0.25, -0.2) is 9.98 Å². The maximum atomic E-state index is 12.5. The standard InChI is InChI=1S/C18H19ClF3N3S/c1-11-7-12(2)15(26-10-18(20,21)22)8-14(11)24-17(25(3)4)13-5-6-16(19)23-9-13/h5-9H,10H2,1-4H3. The van der Waals surface area contributed by atoms with Crippen molar-refractivity contribution in [1.82, 2.24) is 9.88 Å². The van der Waals surface area contributed by atoms with Crippen LogP contribution in [0.25, 0.3) is 0 Å². The topological polar surface area (TPSA) is 28.5 Å². The molecule has 8 heteroatoms. The molecule has 0 atom stereocenters. The minimum absolute atomic E-state index is 0.379. The molecule has 0 spiro atoms. The first-order chi connectivity index (χ1) is 12.1. The predicted molar refractivity (Wildman–Crippen MR) is 102 cm³/mol. The van der Waals surface area contributed by atoms with Crippen molar-refractivity contribution >= 4 is 34.9 Å². The van der Waals surface area contributed by atoms with E-state index >= 15 is 0 Å². The van der Waals surface area contributed by atoms with Gasteiger partial charge in [-0.15, -0.1) is 11.8 Å². The predicted octanol–water partition coefficient (Wildman–Crippen LogP) is 5.65. The largest absolute Gasteiger partial charge is 0.398 e. The molecule has 2 aromatic rings. The Labute approximate surface area is 160 Å². The molecule has 1 aromatic carbocycles. The number of hydrogen-bond donors (Lipinski definition) is 0. The molecule has 0 bridgehead atoms. The van der Waals surface area contributed by atoms with Gasteiger partial charge in [0.1, 0.15) is 11.0 Å². The van der Waals surface area contributed by atoms with E-state index in [1.165, 1.54) is 0 Å². The van der Waals surface area contributed by atoms with Crippen LogP contribution in [0, 0.1) is 13.8 Å². The fraction of sp³-hybridized carbons (Fsp3) is 0.333. The highest BCUT2D eigenvalue weighted by Crippen LogP contribution is 2.34. The molecular weight excluding hydrogens is 383 g/mol. The first kappa shape index (κ1) is 20.6. The smallest absolute Gasteiger partial charge is 0.362 e. The van der Waals surface area contributed by atoms with E-state index in [4.69, 9.17) is 11.6 Å². The molecule has 0 fully saturated rings. The lowest BCUT2D eigenvalue weighted by Gasteiger charge is -2.17. The molecule has 140 valence electrons. The number of benzene rings is 1. The Morgan fingerprint density at radius 3 is 2.42 bits per heavy atom. The van der Waals surface area contributed by atoms with Crippen molar-refractivity contribution in [1.29, 1.82) is 0 Å². The van der Waals surface area contributed by atoms with E-state index in [1.807, 2.05) is 32.0 Å². The molecule has 0 aliphatic heterocycles. The number of aliphatic imine (C=N–C) groups is 1. The number of rotatable bonds is 4. The maximum Gasteiger partial charge on any atom is 0.398 e. The molecule has 0 saturated carbocycles. The number of nitrogens with zero attached hydrogens (tertiary/aromatic N) is 3. The lowest BCUT2D eigenvalue weighted by molar-refractivity contribution is -0.105. The monoisotopic (exact) mass is 401 g/mol. The van der Waals surface area contributed by atoms with Crippen molar-refractivity contribution in [2.24, 2.45) is 4.99 Å². The second-order valence-corrected chi connectivity index (χ2v) is 7.41. The normalized spacial score (nSPS) is 12.4. The Morgan fingerprint density at radius 1 is 1.19 bits per heavy atom. The zero-order chi connectivity index (χ0) is 19.5. The fourth-order valence-corrected chi connectivity index (χ4v) is 3.21. The van der Waals surface area contributed by atoms with Crippen molar-refractivity contribution in [3.8, 4) is 0 Å². The van der Waals surface area contributed by atoms with Gasteiger partial charge in [0.05, 0.1) is 11.4 Å². The van der Waals surface area contributed by atoms with Crippen LogP contribution in [0.5, 0.6) is 0 Å². The van der Waals surface area contributed by atoms with Crippen molar-refractivity contribution in [3.05, 3.63) is 52.3 Å². The second kappa shape index (κ2) is 8.31. The molecule has 0 N–H and O–H groups in total. The third-order valence-electron chi connectivity index (χ3n) is 3.52. The molecular formula is C18H19ClF3N3S. The summed E-state index contributed by atoms with van der Waals surface area (Å²) in [5.74, 6) is -0.283. The number of hydrogen-bond acceptors (Lipinski definition) is 3. The summed E-state index contributed by atoms with van der Waals surface area (Å²) in [6.45, 7) is 3.69. The number of pyridine rings is 1. The van der Waals surface area contributed by atoms with Crippen LogP contribution in [-0.2, 0) is 0 Å². The third kappa shape index (κ3) is 5.64. The third-order valence-corrected chi connectivity index (χ3v) is 4.97. The lowest BCUT2D eigenvalue weighted by atomic mass is 10.1. The zero-order valence-electron chi connectivity index (χ0n) is 14.9. The average Bonchev–Trinajstić information content (AvgIpc) is 2.53. The first-order valence-corrected chi connectivity index (χ1v) is 9.12. The van der Waals surface area contributed by atoms with Crippen LogP contribution in [0.4, 0.5) is 18.9 Å². The van der Waals surface area contributed by atoms with Crippen molar-refractivity contribution in [2.45, 2.75) is 24.9 Å². The summed E-state index contributed by atoms with van der Waals surface area (Å²) in [4.78, 5) is 11.1. The van der Waals surface area contributed by atoms with E-state index in [-0.39, 0.29) is 0 Å². The van der Waals surface area contributed by atoms with E-state index in [2.05, 4.69) is 9.98 Å². The van der Waals surface area contributed by atoms with Crippen LogP contribution >= 0.6 is 23.4 Å². The molecule has 1 heterocycles. The van der Waals surface area contributed by atoms with Crippen LogP contribution < -0.4 is 0 Å². The molecule has 26 heavy (non-hydrogen) atoms. The van der Waals surface area contributed by atoms with Gasteiger partial charge in [-0.2, -0.15) is 13.2 Å². The molecule has 0 radical (unpaired) electrons. The summed E-state index contributed by atoms with van der Waals surface area (Å²) in [5.41, 5.74) is 3.08. The van der Waals surface area contributed by atoms with Gasteiger partial charge >= 0.3 is 6.18 Å². The highest BCUT2D eigenvalue weighted by molar-refractivity contribution is 7.99. The van der Waals surface area contributed by atoms with Gasteiger partial charge in [-0.05, 0) is 43.2 Å². The van der Waals surface area contributed by atoms with Crippen LogP contribution in [0.3, 0.4) is 0 Å². The van der Waals surface area contributed by atoms with Gasteiger partial charge < -0.3 is 4.90 Å². The fourth-order valence-electron chi connectivity index (χ4n) is 2.30. The maximum absolute atomic E-state index is 12.5. The lowest BCUT2D eigenvalue weighted by Crippen LogP contribution is -2.23. The SMILES string of the molecule is Cc1cc(C)c(SCC(F)(F)F)cc1N=C(c1ccc(Cl)nc1)N(C)C. The number of halogens is 4. The summed E-state index contributed by atoms with van der Waals surface area (Å²) in [7, 11) is 3.69. The zero-order valence-corrected chi connectivity index (χ0v) is 16.4. The second-order valence-electron chi connectivity index (χ2n) is 6.01. The molecule has 1 aromatic heterocycles. The Hall–Kier alpha value is -1.73. The summed E-state index contributed by atoms with van der Waals surface area (Å²) >= 11 is 6.60. The van der Waals surface area contributed by atoms with Crippen LogP contribution in [-0.4, -0.2) is 41.7 Å². The van der Waals surface area contributed by atoms with Gasteiger partial charge in [-0.3, -0.25) is 0 Å². The average molecular weight is 402 g/mol. The number of alkyl halides is 3. The summed E-state index contributed by atoms with van der Waals surface area (Å²) < 4.78 is 37.6. The minimum Gasteiger partial charge on any atom is -0.362 e. The first-order valence-electron chi connectivity index (χ1n) is 7.75. The van der Waals surface area contributed by atoms with E-state index in [1.54, 1.807) is 31.3 Å². The quantitative estimate of drug-likeness (QED) is 0.287. The van der Waals surface area contributed by atoms with Crippen molar-refractivity contribution < 1.29 is 13.2 Å². The molecule has 0 amide bonds. The van der Waals surface area contributed by atoms with E-state index < -0.39 is 11.9 Å². The van der Waals surface area contributed by atoms with Gasteiger partial charge in [0.25, 0.3) is 0 Å². The van der Waals surface area contributed by atoms with E-state index in [0.29, 0.717) is 21.6 Å². The molecule has 2 rings (SSSR count). The van der Waals surface area contributed by atoms with Crippen LogP contribution in [0.15, 0.2) is 40.4 Å². The Morgan fingerprint density at radius 2 is 1.88 bits per heavy atom. The number of aromatic nitrogens is 1. The number of thioether (sulfide) groups is 1. The Kier molecular flexibility index (Phi) is 6.58. The van der Waals surface area contributed by atoms with Crippen LogP contribution in [0.2, 0.25) is 5.15 Å². The molecule has 3 nitrogen and oxygen atoms in total. The van der Waals surface area contributed by atoms with Gasteiger partial charge in [0.2, 0.25) is 0 Å². The highest BCUT2D eigenvalue weighted by atomic mass is 35.5. The minimum atomic E-state index is -4.21. The van der Waals surface area contributed by atoms with Crippen molar-refractivity contribution in [3.63, 3.8) is 0 Å². The molecule has 0 aliphatic rings. The molecule has 0 saturated heterocycles. The molecule has 0 unspecified atom stereocenters. The van der Waals surface area contributed by atoms with E-state index in [9.17, 15) is 13.2 Å². The highest BCUT2D eigenvalue weighted by Gasteiger charge is 2.27. The summed E-state index contributed by atoms with van der Waals surface area (Å²) in [6.07, 6.45) is -2.60. The van der Waals surface area contributed by atoms with Gasteiger partial charge in [-0.1, -0.05) is 17.7 Å². The molecule has 0 aliphatic carbocycles. The van der Waals surface area contributed by atoms with Gasteiger partial charge in [0.15, 0.2) is 0 Å².